The summed E-state index contributed by atoms with van der Waals surface area (Å²) in [5.41, 5.74) is 8.07. The highest BCUT2D eigenvalue weighted by Crippen LogP contribution is 2.42. The SMILES string of the molecule is COc1ncc(Br)c2c(C3CCCC3)nn(-c3csc(C(N)=O)c3)c12. The molecule has 0 atom stereocenters. The van der Waals surface area contributed by atoms with Crippen molar-refractivity contribution in [3.63, 3.8) is 0 Å². The molecule has 2 N–H and O–H groups in total. The van der Waals surface area contributed by atoms with Crippen molar-refractivity contribution >= 4 is 44.1 Å². The van der Waals surface area contributed by atoms with Crippen molar-refractivity contribution in [2.75, 3.05) is 7.11 Å². The van der Waals surface area contributed by atoms with Crippen molar-refractivity contribution in [2.24, 2.45) is 5.73 Å². The fourth-order valence-electron chi connectivity index (χ4n) is 3.50. The first-order valence-corrected chi connectivity index (χ1v) is 9.77. The molecule has 1 amide bonds. The second kappa shape index (κ2) is 6.42. The second-order valence-electron chi connectivity index (χ2n) is 6.15. The van der Waals surface area contributed by atoms with Gasteiger partial charge in [-0.05, 0) is 34.8 Å². The summed E-state index contributed by atoms with van der Waals surface area (Å²) in [6.07, 6.45) is 6.49. The van der Waals surface area contributed by atoms with Gasteiger partial charge >= 0.3 is 0 Å². The summed E-state index contributed by atoms with van der Waals surface area (Å²) in [5, 5.41) is 7.82. The summed E-state index contributed by atoms with van der Waals surface area (Å²) in [5.74, 6) is 0.512. The molecular weight excluding hydrogens is 404 g/mol. The summed E-state index contributed by atoms with van der Waals surface area (Å²) in [4.78, 5) is 16.3. The first-order chi connectivity index (χ1) is 12.1. The summed E-state index contributed by atoms with van der Waals surface area (Å²) in [6.45, 7) is 0. The molecule has 25 heavy (non-hydrogen) atoms. The Morgan fingerprint density at radius 3 is 2.84 bits per heavy atom. The molecule has 0 spiro atoms. The van der Waals surface area contributed by atoms with E-state index in [1.54, 1.807) is 19.4 Å². The van der Waals surface area contributed by atoms with E-state index in [9.17, 15) is 4.79 Å². The predicted octanol–water partition coefficient (Wildman–Crippen LogP) is 4.01. The van der Waals surface area contributed by atoms with Crippen LogP contribution in [-0.4, -0.2) is 27.8 Å². The van der Waals surface area contributed by atoms with Gasteiger partial charge < -0.3 is 10.5 Å². The van der Waals surface area contributed by atoms with E-state index in [0.717, 1.165) is 39.6 Å². The van der Waals surface area contributed by atoms with Gasteiger partial charge in [-0.1, -0.05) is 12.8 Å². The molecule has 1 aliphatic carbocycles. The molecule has 3 aromatic heterocycles. The first kappa shape index (κ1) is 16.5. The van der Waals surface area contributed by atoms with Gasteiger partial charge in [0, 0.05) is 27.4 Å². The lowest BCUT2D eigenvalue weighted by molar-refractivity contribution is 0.100. The average molecular weight is 421 g/mol. The summed E-state index contributed by atoms with van der Waals surface area (Å²) >= 11 is 4.94. The minimum atomic E-state index is -0.435. The van der Waals surface area contributed by atoms with Gasteiger partial charge in [-0.3, -0.25) is 4.79 Å². The maximum atomic E-state index is 11.5. The minimum absolute atomic E-state index is 0.432. The van der Waals surface area contributed by atoms with Gasteiger partial charge in [-0.2, -0.15) is 5.10 Å². The fraction of sp³-hybridized carbons (Fsp3) is 0.353. The Kier molecular flexibility index (Phi) is 4.24. The number of thiophene rings is 1. The standard InChI is InChI=1S/C17H17BrN4O2S/c1-24-17-15-13(11(18)7-20-17)14(9-4-2-3-5-9)21-22(15)10-6-12(16(19)23)25-8-10/h6-9H,2-5H2,1H3,(H2,19,23). The lowest BCUT2D eigenvalue weighted by atomic mass is 10.0. The first-order valence-electron chi connectivity index (χ1n) is 8.10. The molecule has 4 rings (SSSR count). The van der Waals surface area contributed by atoms with Crippen molar-refractivity contribution in [3.05, 3.63) is 32.7 Å². The van der Waals surface area contributed by atoms with Crippen molar-refractivity contribution in [3.8, 4) is 11.6 Å². The summed E-state index contributed by atoms with van der Waals surface area (Å²) in [7, 11) is 1.60. The third kappa shape index (κ3) is 2.73. The third-order valence-electron chi connectivity index (χ3n) is 4.66. The van der Waals surface area contributed by atoms with E-state index in [1.165, 1.54) is 24.2 Å². The topological polar surface area (TPSA) is 83.0 Å². The van der Waals surface area contributed by atoms with Gasteiger partial charge in [0.1, 0.15) is 5.52 Å². The van der Waals surface area contributed by atoms with Crippen LogP contribution in [0.3, 0.4) is 0 Å². The number of rotatable bonds is 4. The number of aromatic nitrogens is 3. The smallest absolute Gasteiger partial charge is 0.258 e. The van der Waals surface area contributed by atoms with Gasteiger partial charge in [0.05, 0.1) is 23.4 Å². The van der Waals surface area contributed by atoms with E-state index in [-0.39, 0.29) is 0 Å². The normalized spacial score (nSPS) is 15.1. The summed E-state index contributed by atoms with van der Waals surface area (Å²) < 4.78 is 8.22. The van der Waals surface area contributed by atoms with Crippen LogP contribution in [-0.2, 0) is 0 Å². The van der Waals surface area contributed by atoms with Gasteiger partial charge in [0.25, 0.3) is 5.91 Å². The van der Waals surface area contributed by atoms with E-state index in [0.29, 0.717) is 16.7 Å². The molecule has 0 unspecified atom stereocenters. The number of primary amides is 1. The molecule has 1 saturated carbocycles. The van der Waals surface area contributed by atoms with Crippen molar-refractivity contribution in [1.29, 1.82) is 0 Å². The van der Waals surface area contributed by atoms with Crippen LogP contribution >= 0.6 is 27.3 Å². The fourth-order valence-corrected chi connectivity index (χ4v) is 4.71. The molecule has 6 nitrogen and oxygen atoms in total. The average Bonchev–Trinajstić information content (AvgIpc) is 3.33. The molecule has 3 heterocycles. The van der Waals surface area contributed by atoms with Crippen molar-refractivity contribution < 1.29 is 9.53 Å². The highest BCUT2D eigenvalue weighted by Gasteiger charge is 2.27. The van der Waals surface area contributed by atoms with Crippen LogP contribution in [0.5, 0.6) is 5.88 Å². The number of hydrogen-bond donors (Lipinski definition) is 1. The van der Waals surface area contributed by atoms with Crippen LogP contribution in [0.4, 0.5) is 0 Å². The maximum Gasteiger partial charge on any atom is 0.258 e. The molecule has 130 valence electrons. The van der Waals surface area contributed by atoms with Gasteiger partial charge in [-0.25, -0.2) is 9.67 Å². The van der Waals surface area contributed by atoms with Gasteiger partial charge in [0.2, 0.25) is 5.88 Å². The van der Waals surface area contributed by atoms with E-state index in [2.05, 4.69) is 20.9 Å². The third-order valence-corrected chi connectivity index (χ3v) is 6.19. The van der Waals surface area contributed by atoms with Crippen molar-refractivity contribution in [2.45, 2.75) is 31.6 Å². The van der Waals surface area contributed by atoms with Crippen molar-refractivity contribution in [1.82, 2.24) is 14.8 Å². The Morgan fingerprint density at radius 1 is 1.44 bits per heavy atom. The Balaban J connectivity index is 1.99. The Morgan fingerprint density at radius 2 is 2.20 bits per heavy atom. The number of methoxy groups -OCH3 is 1. The Hall–Kier alpha value is -1.93. The van der Waals surface area contributed by atoms with Gasteiger partial charge in [0.15, 0.2) is 0 Å². The van der Waals surface area contributed by atoms with Crippen LogP contribution in [0.1, 0.15) is 47.0 Å². The zero-order valence-corrected chi connectivity index (χ0v) is 16.1. The lowest BCUT2D eigenvalue weighted by Gasteiger charge is -2.07. The van der Waals surface area contributed by atoms with Crippen LogP contribution in [0.15, 0.2) is 22.1 Å². The zero-order chi connectivity index (χ0) is 17.6. The number of nitrogens with two attached hydrogens (primary N) is 1. The highest BCUT2D eigenvalue weighted by atomic mass is 79.9. The lowest BCUT2D eigenvalue weighted by Crippen LogP contribution is -2.08. The van der Waals surface area contributed by atoms with E-state index >= 15 is 0 Å². The number of nitrogens with zero attached hydrogens (tertiary/aromatic N) is 3. The minimum Gasteiger partial charge on any atom is -0.479 e. The number of pyridine rings is 1. The quantitative estimate of drug-likeness (QED) is 0.690. The number of amides is 1. The predicted molar refractivity (Wildman–Crippen MR) is 101 cm³/mol. The number of ether oxygens (including phenoxy) is 1. The number of fused-ring (bicyclic) bond motifs is 1. The van der Waals surface area contributed by atoms with E-state index < -0.39 is 5.91 Å². The number of carbonyl (C=O) groups is 1. The van der Waals surface area contributed by atoms with Crippen LogP contribution in [0.2, 0.25) is 0 Å². The molecule has 1 fully saturated rings. The number of carbonyl (C=O) groups excluding carboxylic acids is 1. The molecule has 0 saturated heterocycles. The Bertz CT molecular complexity index is 959. The number of halogens is 1. The monoisotopic (exact) mass is 420 g/mol. The molecule has 0 bridgehead atoms. The molecule has 8 heteroatoms. The highest BCUT2D eigenvalue weighted by molar-refractivity contribution is 9.10. The molecule has 1 aliphatic rings. The van der Waals surface area contributed by atoms with Gasteiger partial charge in [-0.15, -0.1) is 11.3 Å². The van der Waals surface area contributed by atoms with Crippen LogP contribution in [0.25, 0.3) is 16.6 Å². The number of hydrogen-bond acceptors (Lipinski definition) is 5. The maximum absolute atomic E-state index is 11.5. The molecule has 3 aromatic rings. The van der Waals surface area contributed by atoms with Crippen LogP contribution in [0, 0.1) is 0 Å². The molecular formula is C17H17BrN4O2S. The molecule has 0 aromatic carbocycles. The molecule has 0 aliphatic heterocycles. The zero-order valence-electron chi connectivity index (χ0n) is 13.7. The largest absolute Gasteiger partial charge is 0.479 e. The van der Waals surface area contributed by atoms with E-state index in [4.69, 9.17) is 15.6 Å². The van der Waals surface area contributed by atoms with Crippen LogP contribution < -0.4 is 10.5 Å². The van der Waals surface area contributed by atoms with E-state index in [1.807, 2.05) is 10.1 Å². The Labute approximate surface area is 157 Å². The molecule has 0 radical (unpaired) electrons. The second-order valence-corrected chi connectivity index (χ2v) is 7.92. The summed E-state index contributed by atoms with van der Waals surface area (Å²) in [6, 6.07) is 1.76.